The van der Waals surface area contributed by atoms with Gasteiger partial charge in [0.15, 0.2) is 5.13 Å². The maximum Gasteiger partial charge on any atom is 0.311 e. The van der Waals surface area contributed by atoms with E-state index in [9.17, 15) is 18.6 Å². The van der Waals surface area contributed by atoms with Gasteiger partial charge < -0.3 is 9.47 Å². The number of nitrogens with one attached hydrogen (secondary N) is 1. The minimum absolute atomic E-state index is 0.0791. The molecule has 0 saturated heterocycles. The van der Waals surface area contributed by atoms with E-state index in [-0.39, 0.29) is 28.9 Å². The Balaban J connectivity index is 2.04. The number of carbonyl (C=O) groups excluding carboxylic acids is 3. The molecule has 30 heavy (non-hydrogen) atoms. The van der Waals surface area contributed by atoms with Gasteiger partial charge in [-0.1, -0.05) is 12.1 Å². The molecule has 0 aliphatic heterocycles. The number of anilines is 1. The van der Waals surface area contributed by atoms with Crippen LogP contribution in [0.15, 0.2) is 29.6 Å². The van der Waals surface area contributed by atoms with Crippen LogP contribution in [0, 0.1) is 0 Å². The predicted octanol–water partition coefficient (Wildman–Crippen LogP) is 3.30. The highest BCUT2D eigenvalue weighted by Gasteiger charge is 2.21. The number of thiazole rings is 1. The first-order chi connectivity index (χ1) is 14.1. The van der Waals surface area contributed by atoms with Crippen molar-refractivity contribution in [2.24, 2.45) is 0 Å². The van der Waals surface area contributed by atoms with Crippen LogP contribution in [0.4, 0.5) is 5.13 Å². The smallest absolute Gasteiger partial charge is 0.311 e. The predicted molar refractivity (Wildman–Crippen MR) is 115 cm³/mol. The van der Waals surface area contributed by atoms with Crippen LogP contribution < -0.4 is 10.1 Å². The molecule has 1 atom stereocenters. The first-order valence-corrected chi connectivity index (χ1v) is 11.3. The Morgan fingerprint density at radius 2 is 1.80 bits per heavy atom. The van der Waals surface area contributed by atoms with Gasteiger partial charge in [-0.2, -0.15) is 0 Å². The zero-order valence-corrected chi connectivity index (χ0v) is 18.9. The Morgan fingerprint density at radius 1 is 1.13 bits per heavy atom. The van der Waals surface area contributed by atoms with Crippen LogP contribution in [0.25, 0.3) is 0 Å². The van der Waals surface area contributed by atoms with Gasteiger partial charge in [-0.25, -0.2) is 4.98 Å². The van der Waals surface area contributed by atoms with Gasteiger partial charge in [-0.15, -0.1) is 11.3 Å². The van der Waals surface area contributed by atoms with Crippen molar-refractivity contribution < 1.29 is 28.1 Å². The van der Waals surface area contributed by atoms with Gasteiger partial charge in [0, 0.05) is 20.9 Å². The quantitative estimate of drug-likeness (QED) is 0.483. The number of hydrogen-bond acceptors (Lipinski definition) is 8. The average molecular weight is 453 g/mol. The fraction of sp³-hybridized carbons (Fsp3) is 0.400. The molecule has 0 saturated carbocycles. The van der Waals surface area contributed by atoms with Crippen molar-refractivity contribution in [2.75, 3.05) is 12.4 Å². The number of ether oxygens (including phenoxy) is 2. The van der Waals surface area contributed by atoms with Gasteiger partial charge in [-0.05, 0) is 32.9 Å². The number of hydrogen-bond donors (Lipinski definition) is 1. The minimum atomic E-state index is -1.10. The lowest BCUT2D eigenvalue weighted by Crippen LogP contribution is -2.23. The molecule has 1 unspecified atom stereocenters. The molecule has 10 heteroatoms. The Kier molecular flexibility index (Phi) is 8.24. The lowest BCUT2D eigenvalue weighted by atomic mass is 10.2. The second-order valence-electron chi connectivity index (χ2n) is 7.25. The van der Waals surface area contributed by atoms with Crippen molar-refractivity contribution in [3.63, 3.8) is 0 Å². The summed E-state index contributed by atoms with van der Waals surface area (Å²) >= 11 is 1.22. The Morgan fingerprint density at radius 3 is 2.47 bits per heavy atom. The highest BCUT2D eigenvalue weighted by Crippen LogP contribution is 2.24. The molecule has 0 aliphatic carbocycles. The van der Waals surface area contributed by atoms with E-state index in [1.54, 1.807) is 17.5 Å². The number of amides is 1. The molecule has 162 valence electrons. The van der Waals surface area contributed by atoms with Crippen molar-refractivity contribution in [1.29, 1.82) is 0 Å². The molecule has 1 N–H and O–H groups in total. The molecule has 1 amide bonds. The zero-order valence-electron chi connectivity index (χ0n) is 17.2. The normalized spacial score (nSPS) is 12.1. The van der Waals surface area contributed by atoms with Crippen LogP contribution in [0.3, 0.4) is 0 Å². The maximum atomic E-state index is 12.6. The van der Waals surface area contributed by atoms with Gasteiger partial charge in [0.25, 0.3) is 5.91 Å². The summed E-state index contributed by atoms with van der Waals surface area (Å²) in [4.78, 5) is 40.1. The molecule has 2 aromatic rings. The highest BCUT2D eigenvalue weighted by molar-refractivity contribution is 7.85. The summed E-state index contributed by atoms with van der Waals surface area (Å²) in [5.74, 6) is -1.30. The molecule has 0 radical (unpaired) electrons. The molecule has 0 spiro atoms. The van der Waals surface area contributed by atoms with Gasteiger partial charge in [0.2, 0.25) is 0 Å². The van der Waals surface area contributed by atoms with Crippen molar-refractivity contribution in [3.8, 4) is 5.75 Å². The zero-order chi connectivity index (χ0) is 22.3. The van der Waals surface area contributed by atoms with E-state index in [2.05, 4.69) is 15.0 Å². The minimum Gasteiger partial charge on any atom is -0.469 e. The average Bonchev–Trinajstić information content (AvgIpc) is 3.12. The lowest BCUT2D eigenvalue weighted by molar-refractivity contribution is -0.144. The number of esters is 2. The molecular weight excluding hydrogens is 428 g/mol. The van der Waals surface area contributed by atoms with Crippen LogP contribution in [0.5, 0.6) is 5.75 Å². The number of rotatable bonds is 8. The van der Waals surface area contributed by atoms with E-state index in [1.807, 2.05) is 20.8 Å². The third-order valence-corrected chi connectivity index (χ3v) is 6.58. The van der Waals surface area contributed by atoms with E-state index < -0.39 is 28.6 Å². The van der Waals surface area contributed by atoms with E-state index >= 15 is 0 Å². The van der Waals surface area contributed by atoms with Crippen LogP contribution in [-0.2, 0) is 30.9 Å². The van der Waals surface area contributed by atoms with Crippen molar-refractivity contribution in [3.05, 3.63) is 40.9 Å². The van der Waals surface area contributed by atoms with Crippen molar-refractivity contribution >= 4 is 45.1 Å². The first kappa shape index (κ1) is 23.7. The van der Waals surface area contributed by atoms with Gasteiger partial charge in [-0.3, -0.25) is 23.9 Å². The summed E-state index contributed by atoms with van der Waals surface area (Å²) in [6.07, 6.45) is -0.273. The topological polar surface area (TPSA) is 112 Å². The van der Waals surface area contributed by atoms with Crippen LogP contribution in [-0.4, -0.2) is 38.9 Å². The Hall–Kier alpha value is -2.59. The SMILES string of the molecule is COC(=O)CCC(=O)Oc1ccccc1C(=O)Nc1nc(CS(=O)C(C)(C)C)cs1. The van der Waals surface area contributed by atoms with Crippen molar-refractivity contribution in [2.45, 2.75) is 44.1 Å². The van der Waals surface area contributed by atoms with Crippen LogP contribution in [0.1, 0.15) is 49.7 Å². The summed E-state index contributed by atoms with van der Waals surface area (Å²) in [5, 5.41) is 4.77. The standard InChI is InChI=1S/C20H24N2O6S2/c1-20(2,3)30(26)12-13-11-29-19(21-13)22-18(25)14-7-5-6-8-15(14)28-17(24)10-9-16(23)27-4/h5-8,11H,9-10,12H2,1-4H3,(H,21,22,25). The van der Waals surface area contributed by atoms with E-state index in [0.717, 1.165) is 0 Å². The van der Waals surface area contributed by atoms with Crippen LogP contribution in [0.2, 0.25) is 0 Å². The van der Waals surface area contributed by atoms with Crippen LogP contribution >= 0.6 is 11.3 Å². The number of carbonyl (C=O) groups is 3. The third-order valence-electron chi connectivity index (χ3n) is 3.85. The summed E-state index contributed by atoms with van der Waals surface area (Å²) in [6.45, 7) is 5.67. The monoisotopic (exact) mass is 452 g/mol. The number of para-hydroxylation sites is 1. The van der Waals surface area contributed by atoms with Crippen molar-refractivity contribution in [1.82, 2.24) is 4.98 Å². The third kappa shape index (κ3) is 7.03. The maximum absolute atomic E-state index is 12.6. The molecule has 8 nitrogen and oxygen atoms in total. The Bertz CT molecular complexity index is 949. The van der Waals surface area contributed by atoms with Gasteiger partial charge in [0.05, 0.1) is 37.0 Å². The lowest BCUT2D eigenvalue weighted by Gasteiger charge is -2.16. The summed E-state index contributed by atoms with van der Waals surface area (Å²) in [5.41, 5.74) is 0.782. The summed E-state index contributed by atoms with van der Waals surface area (Å²) in [6, 6.07) is 6.27. The van der Waals surface area contributed by atoms with Gasteiger partial charge in [0.1, 0.15) is 5.75 Å². The second-order valence-corrected chi connectivity index (χ2v) is 10.3. The molecule has 0 aliphatic rings. The highest BCUT2D eigenvalue weighted by atomic mass is 32.2. The largest absolute Gasteiger partial charge is 0.469 e. The number of methoxy groups -OCH3 is 1. The van der Waals surface area contributed by atoms with Gasteiger partial charge >= 0.3 is 11.9 Å². The summed E-state index contributed by atoms with van der Waals surface area (Å²) in [7, 11) is 0.135. The second kappa shape index (κ2) is 10.4. The molecule has 0 bridgehead atoms. The van der Waals surface area contributed by atoms with E-state index in [0.29, 0.717) is 16.6 Å². The summed E-state index contributed by atoms with van der Waals surface area (Å²) < 4.78 is 21.6. The molecule has 2 rings (SSSR count). The number of nitrogens with zero attached hydrogens (tertiary/aromatic N) is 1. The van der Waals surface area contributed by atoms with E-state index in [1.165, 1.54) is 30.6 Å². The molecule has 1 heterocycles. The molecule has 0 fully saturated rings. The number of benzene rings is 1. The van der Waals surface area contributed by atoms with E-state index in [4.69, 9.17) is 4.74 Å². The number of aromatic nitrogens is 1. The fourth-order valence-corrected chi connectivity index (χ4v) is 3.83. The Labute approximate surface area is 181 Å². The fourth-order valence-electron chi connectivity index (χ4n) is 2.17. The molecule has 1 aromatic carbocycles. The molecular formula is C20H24N2O6S2. The molecule has 1 aromatic heterocycles. The first-order valence-electron chi connectivity index (χ1n) is 9.11.